The first-order chi connectivity index (χ1) is 13.8. The van der Waals surface area contributed by atoms with Crippen LogP contribution in [0.1, 0.15) is 37.3 Å². The number of fused-ring (bicyclic) bond motifs is 1. The van der Waals surface area contributed by atoms with Crippen LogP contribution in [0.25, 0.3) is 0 Å². The van der Waals surface area contributed by atoms with Gasteiger partial charge in [0.1, 0.15) is 16.6 Å². The highest BCUT2D eigenvalue weighted by Crippen LogP contribution is 2.58. The Morgan fingerprint density at radius 2 is 1.83 bits per heavy atom. The fourth-order valence-corrected chi connectivity index (χ4v) is 5.25. The number of thiocarbonyl (C=S) groups is 1. The molecular formula is C24H26F2N2S. The molecule has 0 aliphatic heterocycles. The lowest BCUT2D eigenvalue weighted by Crippen LogP contribution is -2.51. The van der Waals surface area contributed by atoms with Gasteiger partial charge >= 0.3 is 0 Å². The van der Waals surface area contributed by atoms with Crippen molar-refractivity contribution in [3.8, 4) is 0 Å². The largest absolute Gasteiger partial charge is 0.370 e. The van der Waals surface area contributed by atoms with E-state index in [0.29, 0.717) is 28.3 Å². The maximum absolute atomic E-state index is 13.9. The fraction of sp³-hybridized carbons (Fsp3) is 0.375. The molecule has 2 N–H and O–H groups in total. The molecule has 3 aliphatic carbocycles. The van der Waals surface area contributed by atoms with Crippen LogP contribution in [0.4, 0.5) is 14.5 Å². The van der Waals surface area contributed by atoms with Crippen molar-refractivity contribution in [2.75, 3.05) is 5.32 Å². The molecule has 3 saturated carbocycles. The minimum atomic E-state index is -0.247. The third-order valence-electron chi connectivity index (χ3n) is 6.69. The van der Waals surface area contributed by atoms with Crippen LogP contribution in [0, 0.1) is 36.3 Å². The quantitative estimate of drug-likeness (QED) is 0.572. The molecule has 2 atom stereocenters. The molecule has 0 radical (unpaired) electrons. The van der Waals surface area contributed by atoms with Crippen LogP contribution in [-0.4, -0.2) is 10.5 Å². The molecule has 0 heterocycles. The lowest BCUT2D eigenvalue weighted by atomic mass is 9.74. The smallest absolute Gasteiger partial charge is 0.126 e. The van der Waals surface area contributed by atoms with Crippen molar-refractivity contribution < 1.29 is 8.78 Å². The molecule has 1 unspecified atom stereocenters. The van der Waals surface area contributed by atoms with Crippen LogP contribution in [0.2, 0.25) is 0 Å². The van der Waals surface area contributed by atoms with E-state index in [1.54, 1.807) is 25.1 Å². The number of nitrogens with one attached hydrogen (secondary N) is 2. The highest BCUT2D eigenvalue weighted by molar-refractivity contribution is 7.80. The van der Waals surface area contributed by atoms with E-state index in [0.717, 1.165) is 36.2 Å². The van der Waals surface area contributed by atoms with Crippen molar-refractivity contribution in [2.24, 2.45) is 17.8 Å². The van der Waals surface area contributed by atoms with Crippen LogP contribution in [0.5, 0.6) is 0 Å². The van der Waals surface area contributed by atoms with Crippen molar-refractivity contribution in [1.82, 2.24) is 5.32 Å². The van der Waals surface area contributed by atoms with Crippen molar-refractivity contribution in [3.63, 3.8) is 0 Å². The minimum absolute atomic E-state index is 0.0121. The summed E-state index contributed by atoms with van der Waals surface area (Å²) in [4.78, 5) is 0.624. The van der Waals surface area contributed by atoms with Crippen LogP contribution < -0.4 is 10.6 Å². The lowest BCUT2D eigenvalue weighted by Gasteiger charge is -2.40. The SMILES string of the molecule is C=C(Nc1ccc(F)cc1)[C@H](C)C1CC2(NC(=S)c3ccc(C)c(F)c3)CC1C2. The molecule has 3 fully saturated rings. The van der Waals surface area contributed by atoms with Gasteiger partial charge in [0, 0.05) is 22.5 Å². The standard InChI is InChI=1S/C24H26F2N2S/c1-14-4-5-17(10-22(14)26)23(29)28-24-11-18(12-24)21(13-24)15(2)16(3)27-20-8-6-19(25)7-9-20/h4-10,15,18,21,27H,3,11-13H2,1-2H3,(H,28,29)/t15-,18?,21?,24?/m0/s1. The third-order valence-corrected chi connectivity index (χ3v) is 7.03. The first-order valence-electron chi connectivity index (χ1n) is 10.1. The molecule has 2 aromatic carbocycles. The molecule has 0 spiro atoms. The number of rotatable bonds is 6. The van der Waals surface area contributed by atoms with Crippen LogP contribution in [-0.2, 0) is 0 Å². The monoisotopic (exact) mass is 412 g/mol. The van der Waals surface area contributed by atoms with Gasteiger partial charge < -0.3 is 10.6 Å². The Labute approximate surface area is 176 Å². The number of hydrogen-bond donors (Lipinski definition) is 2. The first-order valence-corrected chi connectivity index (χ1v) is 10.5. The zero-order valence-electron chi connectivity index (χ0n) is 16.8. The summed E-state index contributed by atoms with van der Waals surface area (Å²) in [6.07, 6.45) is 3.19. The number of anilines is 1. The maximum Gasteiger partial charge on any atom is 0.126 e. The number of halogens is 2. The van der Waals surface area contributed by atoms with Crippen LogP contribution in [0.3, 0.4) is 0 Å². The summed E-state index contributed by atoms with van der Waals surface area (Å²) in [7, 11) is 0. The summed E-state index contributed by atoms with van der Waals surface area (Å²) in [5.41, 5.74) is 3.18. The highest BCUT2D eigenvalue weighted by Gasteiger charge is 2.57. The van der Waals surface area contributed by atoms with Crippen molar-refractivity contribution in [3.05, 3.63) is 77.5 Å². The third kappa shape index (κ3) is 3.93. The summed E-state index contributed by atoms with van der Waals surface area (Å²) in [5.74, 6) is 0.976. The topological polar surface area (TPSA) is 24.1 Å². The van der Waals surface area contributed by atoms with Crippen molar-refractivity contribution >= 4 is 22.9 Å². The van der Waals surface area contributed by atoms with Gasteiger partial charge in [0.05, 0.1) is 0 Å². The first kappa shape index (κ1) is 20.0. The second-order valence-electron chi connectivity index (χ2n) is 8.68. The van der Waals surface area contributed by atoms with Gasteiger partial charge in [0.2, 0.25) is 0 Å². The molecule has 3 aliphatic rings. The Hall–Kier alpha value is -2.27. The van der Waals surface area contributed by atoms with Gasteiger partial charge in [0.25, 0.3) is 0 Å². The Bertz CT molecular complexity index is 948. The summed E-state index contributed by atoms with van der Waals surface area (Å²) in [6, 6.07) is 11.5. The Morgan fingerprint density at radius 1 is 1.14 bits per heavy atom. The van der Waals surface area contributed by atoms with Crippen LogP contribution in [0.15, 0.2) is 54.7 Å². The molecule has 2 aromatic rings. The van der Waals surface area contributed by atoms with Gasteiger partial charge in [-0.3, -0.25) is 0 Å². The van der Waals surface area contributed by atoms with E-state index in [-0.39, 0.29) is 17.2 Å². The zero-order chi connectivity index (χ0) is 20.8. The Kier molecular flexibility index (Phi) is 5.19. The molecule has 2 bridgehead atoms. The van der Waals surface area contributed by atoms with Gasteiger partial charge in [0.15, 0.2) is 0 Å². The van der Waals surface area contributed by atoms with Gasteiger partial charge in [-0.25, -0.2) is 8.78 Å². The summed E-state index contributed by atoms with van der Waals surface area (Å²) in [5, 5.41) is 6.86. The molecule has 29 heavy (non-hydrogen) atoms. The maximum atomic E-state index is 13.9. The number of allylic oxidation sites excluding steroid dienone is 1. The van der Waals surface area contributed by atoms with Crippen molar-refractivity contribution in [2.45, 2.75) is 38.6 Å². The fourth-order valence-electron chi connectivity index (χ4n) is 4.91. The van der Waals surface area contributed by atoms with E-state index < -0.39 is 0 Å². The zero-order valence-corrected chi connectivity index (χ0v) is 17.6. The van der Waals surface area contributed by atoms with Gasteiger partial charge in [-0.05, 0) is 79.8 Å². The van der Waals surface area contributed by atoms with E-state index in [1.165, 1.54) is 18.2 Å². The van der Waals surface area contributed by atoms with E-state index >= 15 is 0 Å². The molecule has 0 saturated heterocycles. The second-order valence-corrected chi connectivity index (χ2v) is 9.09. The van der Waals surface area contributed by atoms with Gasteiger partial charge in [-0.15, -0.1) is 0 Å². The normalized spacial score (nSPS) is 25.8. The molecule has 152 valence electrons. The van der Waals surface area contributed by atoms with Crippen molar-refractivity contribution in [1.29, 1.82) is 0 Å². The van der Waals surface area contributed by atoms with E-state index in [4.69, 9.17) is 12.2 Å². The molecule has 0 aromatic heterocycles. The lowest BCUT2D eigenvalue weighted by molar-refractivity contribution is 0.200. The predicted octanol–water partition coefficient (Wildman–Crippen LogP) is 5.97. The van der Waals surface area contributed by atoms with E-state index in [1.807, 2.05) is 6.07 Å². The van der Waals surface area contributed by atoms with Crippen LogP contribution >= 0.6 is 12.2 Å². The Balaban J connectivity index is 1.37. The van der Waals surface area contributed by atoms with E-state index in [2.05, 4.69) is 24.1 Å². The molecule has 5 heteroatoms. The predicted molar refractivity (Wildman–Crippen MR) is 118 cm³/mol. The number of hydrogen-bond acceptors (Lipinski definition) is 2. The van der Waals surface area contributed by atoms with Gasteiger partial charge in [-0.1, -0.05) is 37.9 Å². The Morgan fingerprint density at radius 3 is 2.48 bits per heavy atom. The highest BCUT2D eigenvalue weighted by atomic mass is 32.1. The molecule has 2 nitrogen and oxygen atoms in total. The second kappa shape index (κ2) is 7.52. The van der Waals surface area contributed by atoms with Gasteiger partial charge in [-0.2, -0.15) is 0 Å². The molecular weight excluding hydrogens is 386 g/mol. The average Bonchev–Trinajstić information content (AvgIpc) is 3.20. The summed E-state index contributed by atoms with van der Waals surface area (Å²) in [6.45, 7) is 8.18. The number of benzene rings is 2. The molecule has 5 rings (SSSR count). The molecule has 0 amide bonds. The summed E-state index contributed by atoms with van der Waals surface area (Å²) >= 11 is 5.57. The van der Waals surface area contributed by atoms with E-state index in [9.17, 15) is 8.78 Å². The number of aryl methyl sites for hydroxylation is 1. The minimum Gasteiger partial charge on any atom is -0.370 e. The summed E-state index contributed by atoms with van der Waals surface area (Å²) < 4.78 is 27.0. The average molecular weight is 413 g/mol.